The lowest BCUT2D eigenvalue weighted by Crippen LogP contribution is -2.54. The second-order valence-electron chi connectivity index (χ2n) is 9.45. The first kappa shape index (κ1) is 27.4. The first-order valence-electron chi connectivity index (χ1n) is 12.9. The number of nitrogens with zero attached hydrogens (tertiary/aromatic N) is 4. The van der Waals surface area contributed by atoms with Crippen molar-refractivity contribution in [3.05, 3.63) is 59.9 Å². The maximum atomic E-state index is 14.8. The summed E-state index contributed by atoms with van der Waals surface area (Å²) in [5, 5.41) is 14.3. The van der Waals surface area contributed by atoms with Gasteiger partial charge in [0.2, 0.25) is 0 Å². The number of nitrogen functional groups attached to an aromatic ring is 1. The standard InChI is InChI=1S/C27H29FN6O6/c28-20-3-1-2-17(13-19(20)26(37)33-6-9-39-10-7-33)34-8-11-40-24(27(34)38)23(36)22(35)14-30-16-4-5-18-21(12-16)31-15-32-25(18)29/h1,3-5,12-13,15,23-24,30,36H,2,6-11,14H2,(H2,29,31,32). The van der Waals surface area contributed by atoms with E-state index in [1.165, 1.54) is 34.4 Å². The lowest BCUT2D eigenvalue weighted by molar-refractivity contribution is -0.164. The van der Waals surface area contributed by atoms with Crippen LogP contribution in [0.2, 0.25) is 0 Å². The normalized spacial score (nSPS) is 20.8. The highest BCUT2D eigenvalue weighted by molar-refractivity contribution is 5.98. The van der Waals surface area contributed by atoms with E-state index in [9.17, 15) is 23.9 Å². The molecule has 4 N–H and O–H groups in total. The third-order valence-corrected chi connectivity index (χ3v) is 6.91. The Balaban J connectivity index is 1.26. The number of halogens is 1. The Hall–Kier alpha value is -4.20. The molecular weight excluding hydrogens is 523 g/mol. The van der Waals surface area contributed by atoms with E-state index in [0.29, 0.717) is 54.4 Å². The number of ether oxygens (including phenoxy) is 2. The van der Waals surface area contributed by atoms with Crippen LogP contribution < -0.4 is 11.1 Å². The van der Waals surface area contributed by atoms with E-state index >= 15 is 0 Å². The second kappa shape index (κ2) is 11.9. The molecule has 0 spiro atoms. The quantitative estimate of drug-likeness (QED) is 0.446. The summed E-state index contributed by atoms with van der Waals surface area (Å²) in [6.07, 6.45) is 2.40. The minimum Gasteiger partial charge on any atom is -0.383 e. The minimum absolute atomic E-state index is 0.0416. The fourth-order valence-electron chi connectivity index (χ4n) is 4.72. The summed E-state index contributed by atoms with van der Waals surface area (Å²) in [5.74, 6) is -2.17. The molecule has 12 nitrogen and oxygen atoms in total. The molecule has 2 saturated heterocycles. The molecule has 13 heteroatoms. The third-order valence-electron chi connectivity index (χ3n) is 6.91. The van der Waals surface area contributed by atoms with E-state index in [1.54, 1.807) is 18.2 Å². The third kappa shape index (κ3) is 5.71. The van der Waals surface area contributed by atoms with Gasteiger partial charge in [0.25, 0.3) is 11.8 Å². The van der Waals surface area contributed by atoms with Crippen molar-refractivity contribution in [1.29, 1.82) is 0 Å². The molecule has 3 aliphatic rings. The molecule has 2 amide bonds. The summed E-state index contributed by atoms with van der Waals surface area (Å²) in [4.78, 5) is 50.1. The average molecular weight is 553 g/mol. The summed E-state index contributed by atoms with van der Waals surface area (Å²) in [5.41, 5.74) is 7.19. The minimum atomic E-state index is -1.75. The number of morpholine rings is 2. The summed E-state index contributed by atoms with van der Waals surface area (Å²) in [6, 6.07) is 5.09. The highest BCUT2D eigenvalue weighted by Gasteiger charge is 2.40. The van der Waals surface area contributed by atoms with Crippen molar-refractivity contribution >= 4 is 40.0 Å². The molecule has 2 aromatic rings. The molecule has 2 atom stereocenters. The molecule has 1 aromatic carbocycles. The van der Waals surface area contributed by atoms with Crippen molar-refractivity contribution in [2.45, 2.75) is 18.6 Å². The maximum Gasteiger partial charge on any atom is 0.259 e. The van der Waals surface area contributed by atoms with Crippen LogP contribution in [0.25, 0.3) is 10.9 Å². The van der Waals surface area contributed by atoms with E-state index in [1.807, 2.05) is 0 Å². The molecule has 210 valence electrons. The van der Waals surface area contributed by atoms with Crippen LogP contribution in [0.3, 0.4) is 0 Å². The number of allylic oxidation sites excluding steroid dienone is 3. The Bertz CT molecular complexity index is 1420. The van der Waals surface area contributed by atoms with Crippen LogP contribution >= 0.6 is 0 Å². The topological polar surface area (TPSA) is 160 Å². The van der Waals surface area contributed by atoms with Gasteiger partial charge in [0, 0.05) is 42.8 Å². The monoisotopic (exact) mass is 552 g/mol. The molecule has 2 unspecified atom stereocenters. The Labute approximate surface area is 228 Å². The van der Waals surface area contributed by atoms with Crippen LogP contribution in [-0.2, 0) is 23.9 Å². The van der Waals surface area contributed by atoms with Gasteiger partial charge >= 0.3 is 0 Å². The molecule has 1 aliphatic carbocycles. The molecule has 3 heterocycles. The number of nitrogens with two attached hydrogens (primary N) is 1. The largest absolute Gasteiger partial charge is 0.383 e. The molecule has 2 aliphatic heterocycles. The number of rotatable bonds is 7. The number of amides is 2. The van der Waals surface area contributed by atoms with Crippen molar-refractivity contribution in [3.8, 4) is 0 Å². The number of hydrogen-bond acceptors (Lipinski definition) is 10. The Morgan fingerprint density at radius 3 is 2.80 bits per heavy atom. The number of ketones is 1. The number of anilines is 2. The second-order valence-corrected chi connectivity index (χ2v) is 9.45. The van der Waals surface area contributed by atoms with Gasteiger partial charge in [-0.1, -0.05) is 6.08 Å². The van der Waals surface area contributed by atoms with E-state index in [0.717, 1.165) is 0 Å². The maximum absolute atomic E-state index is 14.8. The molecular formula is C27H29FN6O6. The van der Waals surface area contributed by atoms with Gasteiger partial charge in [0.1, 0.15) is 24.1 Å². The SMILES string of the molecule is Nc1ncnc2cc(NCC(=O)C(O)C3OCCN(C4=CC(C(=O)N5CCOCC5)=C(F)C=CC4)C3=O)ccc12. The van der Waals surface area contributed by atoms with Gasteiger partial charge in [-0.15, -0.1) is 0 Å². The number of benzene rings is 1. The molecule has 0 radical (unpaired) electrons. The van der Waals surface area contributed by atoms with Gasteiger partial charge in [0.15, 0.2) is 11.9 Å². The number of nitrogens with one attached hydrogen (secondary N) is 1. The predicted octanol–water partition coefficient (Wildman–Crippen LogP) is 0.708. The number of aliphatic hydroxyl groups is 1. The smallest absolute Gasteiger partial charge is 0.259 e. The lowest BCUT2D eigenvalue weighted by Gasteiger charge is -2.35. The Morgan fingerprint density at radius 2 is 2.00 bits per heavy atom. The fraction of sp³-hybridized carbons (Fsp3) is 0.370. The van der Waals surface area contributed by atoms with Crippen LogP contribution in [0.5, 0.6) is 0 Å². The van der Waals surface area contributed by atoms with E-state index < -0.39 is 35.6 Å². The molecule has 0 bridgehead atoms. The van der Waals surface area contributed by atoms with Crippen molar-refractivity contribution in [1.82, 2.24) is 19.8 Å². The van der Waals surface area contributed by atoms with E-state index in [2.05, 4.69) is 15.3 Å². The summed E-state index contributed by atoms with van der Waals surface area (Å²) in [6.45, 7) is 1.28. The summed E-state index contributed by atoms with van der Waals surface area (Å²) >= 11 is 0. The predicted molar refractivity (Wildman–Crippen MR) is 142 cm³/mol. The zero-order valence-electron chi connectivity index (χ0n) is 21.6. The Morgan fingerprint density at radius 1 is 1.20 bits per heavy atom. The van der Waals surface area contributed by atoms with Gasteiger partial charge in [-0.05, 0) is 30.4 Å². The van der Waals surface area contributed by atoms with Gasteiger partial charge < -0.3 is 35.4 Å². The number of carbonyl (C=O) groups excluding carboxylic acids is 3. The van der Waals surface area contributed by atoms with Crippen molar-refractivity contribution in [2.75, 3.05) is 57.1 Å². The number of Topliss-reactive ketones (excluding diaryl/α,β-unsaturated/α-hetero) is 1. The van der Waals surface area contributed by atoms with Crippen molar-refractivity contribution in [3.63, 3.8) is 0 Å². The van der Waals surface area contributed by atoms with Crippen LogP contribution in [-0.4, -0.2) is 101 Å². The number of aliphatic hydroxyl groups excluding tert-OH is 1. The first-order valence-corrected chi connectivity index (χ1v) is 12.9. The van der Waals surface area contributed by atoms with Crippen LogP contribution in [0.15, 0.2) is 59.9 Å². The molecule has 40 heavy (non-hydrogen) atoms. The number of aromatic nitrogens is 2. The summed E-state index contributed by atoms with van der Waals surface area (Å²) < 4.78 is 25.6. The van der Waals surface area contributed by atoms with Crippen LogP contribution in [0.1, 0.15) is 6.42 Å². The van der Waals surface area contributed by atoms with Crippen LogP contribution in [0, 0.1) is 0 Å². The zero-order chi connectivity index (χ0) is 28.2. The Kier molecular flexibility index (Phi) is 8.14. The van der Waals surface area contributed by atoms with Crippen molar-refractivity contribution < 1.29 is 33.4 Å². The van der Waals surface area contributed by atoms with E-state index in [-0.39, 0.29) is 31.7 Å². The fourth-order valence-corrected chi connectivity index (χ4v) is 4.72. The number of hydrogen-bond donors (Lipinski definition) is 3. The lowest BCUT2D eigenvalue weighted by atomic mass is 10.0. The van der Waals surface area contributed by atoms with Gasteiger partial charge in [-0.2, -0.15) is 0 Å². The zero-order valence-corrected chi connectivity index (χ0v) is 21.6. The molecule has 0 saturated carbocycles. The first-order chi connectivity index (χ1) is 19.3. The van der Waals surface area contributed by atoms with E-state index in [4.69, 9.17) is 15.2 Å². The molecule has 1 aromatic heterocycles. The molecule has 2 fully saturated rings. The highest BCUT2D eigenvalue weighted by Crippen LogP contribution is 2.26. The number of carbonyl (C=O) groups is 3. The average Bonchev–Trinajstić information content (AvgIpc) is 3.17. The summed E-state index contributed by atoms with van der Waals surface area (Å²) in [7, 11) is 0. The van der Waals surface area contributed by atoms with Crippen LogP contribution in [0.4, 0.5) is 15.9 Å². The van der Waals surface area contributed by atoms with Crippen molar-refractivity contribution in [2.24, 2.45) is 0 Å². The van der Waals surface area contributed by atoms with Gasteiger partial charge in [-0.3, -0.25) is 14.4 Å². The molecule has 5 rings (SSSR count). The van der Waals surface area contributed by atoms with Gasteiger partial charge in [0.05, 0.1) is 37.5 Å². The highest BCUT2D eigenvalue weighted by atomic mass is 19.1. The van der Waals surface area contributed by atoms with Gasteiger partial charge in [-0.25, -0.2) is 14.4 Å². The number of fused-ring (bicyclic) bond motifs is 1.